The van der Waals surface area contributed by atoms with E-state index >= 15 is 0 Å². The molecule has 98 valence electrons. The molecule has 0 bridgehead atoms. The maximum Gasteiger partial charge on any atom is 0.335 e. The van der Waals surface area contributed by atoms with E-state index in [0.717, 1.165) is 0 Å². The van der Waals surface area contributed by atoms with Crippen LogP contribution in [0.1, 0.15) is 23.7 Å². The van der Waals surface area contributed by atoms with E-state index in [1.54, 1.807) is 13.0 Å². The SMILES string of the molecule is CC(CCN)C(=O)Nc1cc(C(=O)O)ccc1Br. The van der Waals surface area contributed by atoms with Gasteiger partial charge in [0.05, 0.1) is 11.3 Å². The van der Waals surface area contributed by atoms with Gasteiger partial charge >= 0.3 is 5.97 Å². The van der Waals surface area contributed by atoms with E-state index in [4.69, 9.17) is 10.8 Å². The van der Waals surface area contributed by atoms with Crippen LogP contribution in [0.2, 0.25) is 0 Å². The molecule has 1 atom stereocenters. The highest BCUT2D eigenvalue weighted by Crippen LogP contribution is 2.24. The molecule has 1 unspecified atom stereocenters. The van der Waals surface area contributed by atoms with Crippen molar-refractivity contribution in [3.8, 4) is 0 Å². The Labute approximate surface area is 113 Å². The van der Waals surface area contributed by atoms with E-state index in [-0.39, 0.29) is 17.4 Å². The summed E-state index contributed by atoms with van der Waals surface area (Å²) in [5, 5.41) is 11.6. The zero-order chi connectivity index (χ0) is 13.7. The third-order valence-corrected chi connectivity index (χ3v) is 3.21. The summed E-state index contributed by atoms with van der Waals surface area (Å²) in [5.41, 5.74) is 5.96. The molecule has 1 aromatic rings. The molecule has 1 rings (SSSR count). The van der Waals surface area contributed by atoms with Crippen LogP contribution in [-0.4, -0.2) is 23.5 Å². The molecule has 1 aromatic carbocycles. The van der Waals surface area contributed by atoms with E-state index in [0.29, 0.717) is 23.1 Å². The Balaban J connectivity index is 2.86. The number of anilines is 1. The van der Waals surface area contributed by atoms with Crippen LogP contribution in [0, 0.1) is 5.92 Å². The van der Waals surface area contributed by atoms with Crippen molar-refractivity contribution in [2.24, 2.45) is 11.7 Å². The fraction of sp³-hybridized carbons (Fsp3) is 0.333. The Morgan fingerprint density at radius 3 is 2.72 bits per heavy atom. The fourth-order valence-electron chi connectivity index (χ4n) is 1.39. The Kier molecular flexibility index (Phi) is 5.30. The second-order valence-electron chi connectivity index (χ2n) is 3.97. The van der Waals surface area contributed by atoms with Crippen LogP contribution < -0.4 is 11.1 Å². The Hall–Kier alpha value is -1.40. The van der Waals surface area contributed by atoms with Gasteiger partial charge in [0.15, 0.2) is 0 Å². The van der Waals surface area contributed by atoms with Gasteiger partial charge < -0.3 is 16.2 Å². The molecule has 0 aliphatic rings. The van der Waals surface area contributed by atoms with Crippen molar-refractivity contribution < 1.29 is 14.7 Å². The van der Waals surface area contributed by atoms with Crippen LogP contribution in [0.25, 0.3) is 0 Å². The Morgan fingerprint density at radius 2 is 2.17 bits per heavy atom. The molecular formula is C12H15BrN2O3. The van der Waals surface area contributed by atoms with Crippen LogP contribution in [-0.2, 0) is 4.79 Å². The predicted octanol–water partition coefficient (Wildman–Crippen LogP) is 2.07. The number of benzene rings is 1. The zero-order valence-corrected chi connectivity index (χ0v) is 11.5. The van der Waals surface area contributed by atoms with Crippen LogP contribution in [0.5, 0.6) is 0 Å². The second kappa shape index (κ2) is 6.51. The minimum absolute atomic E-state index is 0.125. The largest absolute Gasteiger partial charge is 0.478 e. The van der Waals surface area contributed by atoms with Crippen molar-refractivity contribution in [2.75, 3.05) is 11.9 Å². The van der Waals surface area contributed by atoms with Crippen molar-refractivity contribution >= 4 is 33.5 Å². The molecular weight excluding hydrogens is 300 g/mol. The molecule has 0 spiro atoms. The monoisotopic (exact) mass is 314 g/mol. The van der Waals surface area contributed by atoms with Gasteiger partial charge in [-0.15, -0.1) is 0 Å². The van der Waals surface area contributed by atoms with Gasteiger partial charge in [-0.05, 0) is 47.1 Å². The summed E-state index contributed by atoms with van der Waals surface area (Å²) in [6, 6.07) is 4.47. The van der Waals surface area contributed by atoms with Crippen molar-refractivity contribution in [1.29, 1.82) is 0 Å². The lowest BCUT2D eigenvalue weighted by atomic mass is 10.1. The normalized spacial score (nSPS) is 11.9. The molecule has 6 heteroatoms. The average molecular weight is 315 g/mol. The van der Waals surface area contributed by atoms with E-state index in [1.807, 2.05) is 0 Å². The number of carboxylic acid groups (broad SMARTS) is 1. The summed E-state index contributed by atoms with van der Waals surface area (Å²) in [6.45, 7) is 2.21. The molecule has 0 heterocycles. The first kappa shape index (κ1) is 14.7. The lowest BCUT2D eigenvalue weighted by Crippen LogP contribution is -2.23. The standard InChI is InChI=1S/C12H15BrN2O3/c1-7(4-5-14)11(16)15-10-6-8(12(17)18)2-3-9(10)13/h2-3,6-7H,4-5,14H2,1H3,(H,15,16)(H,17,18). The quantitative estimate of drug-likeness (QED) is 0.775. The Morgan fingerprint density at radius 1 is 1.50 bits per heavy atom. The lowest BCUT2D eigenvalue weighted by molar-refractivity contribution is -0.119. The van der Waals surface area contributed by atoms with Gasteiger partial charge in [0.2, 0.25) is 5.91 Å². The molecule has 0 saturated heterocycles. The number of nitrogens with one attached hydrogen (secondary N) is 1. The predicted molar refractivity (Wildman–Crippen MR) is 72.6 cm³/mol. The number of rotatable bonds is 5. The first-order valence-electron chi connectivity index (χ1n) is 5.49. The van der Waals surface area contributed by atoms with Crippen LogP contribution >= 0.6 is 15.9 Å². The number of hydrogen-bond acceptors (Lipinski definition) is 3. The van der Waals surface area contributed by atoms with Crippen LogP contribution in [0.15, 0.2) is 22.7 Å². The van der Waals surface area contributed by atoms with Crippen molar-refractivity contribution in [3.05, 3.63) is 28.2 Å². The fourth-order valence-corrected chi connectivity index (χ4v) is 1.74. The third kappa shape index (κ3) is 3.82. The van der Waals surface area contributed by atoms with E-state index < -0.39 is 5.97 Å². The molecule has 18 heavy (non-hydrogen) atoms. The highest BCUT2D eigenvalue weighted by Gasteiger charge is 2.14. The number of amides is 1. The summed E-state index contributed by atoms with van der Waals surface area (Å²) >= 11 is 3.26. The van der Waals surface area contributed by atoms with Gasteiger partial charge in [0.25, 0.3) is 0 Å². The number of carbonyl (C=O) groups excluding carboxylic acids is 1. The highest BCUT2D eigenvalue weighted by atomic mass is 79.9. The maximum atomic E-state index is 11.8. The number of nitrogens with two attached hydrogens (primary N) is 1. The molecule has 0 saturated carbocycles. The first-order chi connectivity index (χ1) is 8.45. The van der Waals surface area contributed by atoms with Gasteiger partial charge in [0.1, 0.15) is 0 Å². The first-order valence-corrected chi connectivity index (χ1v) is 6.28. The topological polar surface area (TPSA) is 92.4 Å². The average Bonchev–Trinajstić information content (AvgIpc) is 2.31. The summed E-state index contributed by atoms with van der Waals surface area (Å²) in [5.74, 6) is -1.42. The van der Waals surface area contributed by atoms with E-state index in [2.05, 4.69) is 21.2 Å². The molecule has 0 fully saturated rings. The molecule has 1 amide bonds. The summed E-state index contributed by atoms with van der Waals surface area (Å²) < 4.78 is 0.640. The van der Waals surface area contributed by atoms with E-state index in [1.165, 1.54) is 12.1 Å². The van der Waals surface area contributed by atoms with Gasteiger partial charge in [-0.1, -0.05) is 6.92 Å². The van der Waals surface area contributed by atoms with Gasteiger partial charge in [-0.2, -0.15) is 0 Å². The van der Waals surface area contributed by atoms with E-state index in [9.17, 15) is 9.59 Å². The minimum atomic E-state index is -1.03. The minimum Gasteiger partial charge on any atom is -0.478 e. The third-order valence-electron chi connectivity index (χ3n) is 2.52. The molecule has 0 aliphatic heterocycles. The van der Waals surface area contributed by atoms with Gasteiger partial charge in [-0.25, -0.2) is 4.79 Å². The van der Waals surface area contributed by atoms with Crippen LogP contribution in [0.4, 0.5) is 5.69 Å². The second-order valence-corrected chi connectivity index (χ2v) is 4.82. The number of aromatic carboxylic acids is 1. The number of halogens is 1. The maximum absolute atomic E-state index is 11.8. The van der Waals surface area contributed by atoms with Gasteiger partial charge in [-0.3, -0.25) is 4.79 Å². The Bertz CT molecular complexity index is 463. The highest BCUT2D eigenvalue weighted by molar-refractivity contribution is 9.10. The molecule has 0 radical (unpaired) electrons. The summed E-state index contributed by atoms with van der Waals surface area (Å²) in [4.78, 5) is 22.6. The van der Waals surface area contributed by atoms with Crippen LogP contribution in [0.3, 0.4) is 0 Å². The molecule has 0 aliphatic carbocycles. The molecule has 0 aromatic heterocycles. The summed E-state index contributed by atoms with van der Waals surface area (Å²) in [6.07, 6.45) is 0.585. The lowest BCUT2D eigenvalue weighted by Gasteiger charge is -2.12. The number of hydrogen-bond donors (Lipinski definition) is 3. The molecule has 5 nitrogen and oxygen atoms in total. The van der Waals surface area contributed by atoms with Crippen molar-refractivity contribution in [3.63, 3.8) is 0 Å². The smallest absolute Gasteiger partial charge is 0.335 e. The molecule has 4 N–H and O–H groups in total. The number of carboxylic acids is 1. The zero-order valence-electron chi connectivity index (χ0n) is 9.94. The number of carbonyl (C=O) groups is 2. The summed E-state index contributed by atoms with van der Waals surface area (Å²) in [7, 11) is 0. The van der Waals surface area contributed by atoms with Crippen molar-refractivity contribution in [1.82, 2.24) is 0 Å². The van der Waals surface area contributed by atoms with Crippen molar-refractivity contribution in [2.45, 2.75) is 13.3 Å². The van der Waals surface area contributed by atoms with Gasteiger partial charge in [0, 0.05) is 10.4 Å².